The third-order valence-electron chi connectivity index (χ3n) is 2.59. The summed E-state index contributed by atoms with van der Waals surface area (Å²) in [5.41, 5.74) is 4.62. The summed E-state index contributed by atoms with van der Waals surface area (Å²) < 4.78 is 11.7. The lowest BCUT2D eigenvalue weighted by Gasteiger charge is -2.40. The van der Waals surface area contributed by atoms with Crippen LogP contribution in [0, 0.1) is 5.41 Å². The van der Waals surface area contributed by atoms with Gasteiger partial charge in [0, 0.05) is 6.04 Å². The molecule has 1 unspecified atom stereocenters. The van der Waals surface area contributed by atoms with Gasteiger partial charge in [-0.3, -0.25) is 4.79 Å². The molecule has 3 nitrogen and oxygen atoms in total. The first kappa shape index (κ1) is 9.19. The van der Waals surface area contributed by atoms with Gasteiger partial charge in [0.1, 0.15) is 0 Å². The summed E-state index contributed by atoms with van der Waals surface area (Å²) in [4.78, 5) is 10.8. The number of hydrogen-bond acceptors (Lipinski definition) is 2. The highest BCUT2D eigenvalue weighted by molar-refractivity contribution is 5.77. The maximum atomic E-state index is 11.7. The highest BCUT2D eigenvalue weighted by Gasteiger charge is 2.48. The molecule has 1 saturated carbocycles. The fourth-order valence-corrected chi connectivity index (χ4v) is 1.51. The van der Waals surface area contributed by atoms with Crippen molar-refractivity contribution in [2.45, 2.75) is 25.3 Å². The molecule has 0 heterocycles. The fraction of sp³-hybridized carbons (Fsp3) is 0.625. The molecule has 12 heavy (non-hydrogen) atoms. The second kappa shape index (κ2) is 3.23. The normalized spacial score (nSPS) is 23.5. The molecule has 0 aliphatic heterocycles. The third kappa shape index (κ3) is 1.22. The minimum absolute atomic E-state index is 0.313. The van der Waals surface area contributed by atoms with E-state index in [2.05, 4.69) is 0 Å². The summed E-state index contributed by atoms with van der Waals surface area (Å²) in [7, 11) is 0. The molecule has 0 saturated heterocycles. The Morgan fingerprint density at radius 1 is 1.67 bits per heavy atom. The maximum Gasteiger partial charge on any atom is 0.311 e. The van der Waals surface area contributed by atoms with Crippen molar-refractivity contribution in [1.29, 1.82) is 0 Å². The second-order valence-electron chi connectivity index (χ2n) is 3.16. The molecule has 1 atom stereocenters. The molecule has 0 amide bonds. The molecule has 0 aromatic carbocycles. The van der Waals surface area contributed by atoms with E-state index in [1.165, 1.54) is 0 Å². The molecule has 0 spiro atoms. The van der Waals surface area contributed by atoms with Crippen LogP contribution < -0.4 is 5.73 Å². The van der Waals surface area contributed by atoms with Crippen LogP contribution in [0.4, 0.5) is 4.39 Å². The van der Waals surface area contributed by atoms with Gasteiger partial charge in [-0.1, -0.05) is 6.42 Å². The van der Waals surface area contributed by atoms with E-state index in [9.17, 15) is 9.18 Å². The minimum atomic E-state index is -0.917. The van der Waals surface area contributed by atoms with Crippen molar-refractivity contribution in [2.24, 2.45) is 11.1 Å². The molecular formula is C8H12FNO2. The van der Waals surface area contributed by atoms with Gasteiger partial charge in [0.2, 0.25) is 0 Å². The average Bonchev–Trinajstić information content (AvgIpc) is 1.83. The number of carboxylic acid groups (broad SMARTS) is 1. The van der Waals surface area contributed by atoms with Crippen molar-refractivity contribution in [2.75, 3.05) is 0 Å². The number of hydrogen-bond donors (Lipinski definition) is 2. The van der Waals surface area contributed by atoms with Crippen LogP contribution >= 0.6 is 0 Å². The molecule has 4 heteroatoms. The number of halogens is 1. The molecule has 0 radical (unpaired) electrons. The Hall–Kier alpha value is -0.900. The summed E-state index contributed by atoms with van der Waals surface area (Å²) in [5, 5.41) is 8.84. The molecule has 0 aromatic heterocycles. The first-order valence-electron chi connectivity index (χ1n) is 3.89. The van der Waals surface area contributed by atoms with Crippen LogP contribution in [0.5, 0.6) is 0 Å². The molecule has 0 aromatic rings. The smallest absolute Gasteiger partial charge is 0.311 e. The average molecular weight is 173 g/mol. The standard InChI is InChI=1S/C8H12FNO2/c9-5-2-6(10)8(7(11)12)3-1-4-8/h2,5-6H,1,3-4,10H2,(H,11,12). The van der Waals surface area contributed by atoms with E-state index in [0.29, 0.717) is 19.2 Å². The Morgan fingerprint density at radius 3 is 2.50 bits per heavy atom. The van der Waals surface area contributed by atoms with Crippen molar-refractivity contribution < 1.29 is 14.3 Å². The molecule has 1 aliphatic carbocycles. The maximum absolute atomic E-state index is 11.7. The van der Waals surface area contributed by atoms with Crippen molar-refractivity contribution in [3.05, 3.63) is 12.4 Å². The van der Waals surface area contributed by atoms with Gasteiger partial charge in [0.05, 0.1) is 11.7 Å². The Labute approximate surface area is 70.1 Å². The zero-order valence-corrected chi connectivity index (χ0v) is 6.66. The number of nitrogens with two attached hydrogens (primary N) is 1. The monoisotopic (exact) mass is 173 g/mol. The second-order valence-corrected chi connectivity index (χ2v) is 3.16. The van der Waals surface area contributed by atoms with E-state index >= 15 is 0 Å². The number of aliphatic carboxylic acids is 1. The van der Waals surface area contributed by atoms with E-state index in [4.69, 9.17) is 10.8 Å². The van der Waals surface area contributed by atoms with Crippen molar-refractivity contribution in [3.8, 4) is 0 Å². The van der Waals surface area contributed by atoms with Crippen LogP contribution in [-0.4, -0.2) is 17.1 Å². The minimum Gasteiger partial charge on any atom is -0.481 e. The van der Waals surface area contributed by atoms with Crippen LogP contribution in [0.1, 0.15) is 19.3 Å². The Kier molecular flexibility index (Phi) is 2.47. The van der Waals surface area contributed by atoms with E-state index in [1.54, 1.807) is 0 Å². The van der Waals surface area contributed by atoms with Gasteiger partial charge >= 0.3 is 5.97 Å². The molecular weight excluding hydrogens is 161 g/mol. The van der Waals surface area contributed by atoms with Gasteiger partial charge in [-0.25, -0.2) is 4.39 Å². The molecule has 1 aliphatic rings. The van der Waals surface area contributed by atoms with Crippen molar-refractivity contribution >= 4 is 5.97 Å². The quantitative estimate of drug-likeness (QED) is 0.670. The van der Waals surface area contributed by atoms with Gasteiger partial charge in [-0.2, -0.15) is 0 Å². The predicted molar refractivity (Wildman–Crippen MR) is 42.1 cm³/mol. The van der Waals surface area contributed by atoms with Crippen LogP contribution in [0.2, 0.25) is 0 Å². The van der Waals surface area contributed by atoms with Gasteiger partial charge in [-0.15, -0.1) is 0 Å². The summed E-state index contributed by atoms with van der Waals surface area (Å²) in [5.74, 6) is -0.917. The van der Waals surface area contributed by atoms with Crippen LogP contribution in [-0.2, 0) is 4.79 Å². The molecule has 0 bridgehead atoms. The van der Waals surface area contributed by atoms with Gasteiger partial charge in [-0.05, 0) is 18.9 Å². The largest absolute Gasteiger partial charge is 0.481 e. The van der Waals surface area contributed by atoms with Gasteiger partial charge in [0.25, 0.3) is 0 Å². The highest BCUT2D eigenvalue weighted by atomic mass is 19.1. The van der Waals surface area contributed by atoms with E-state index < -0.39 is 17.4 Å². The summed E-state index contributed by atoms with van der Waals surface area (Å²) >= 11 is 0. The zero-order valence-electron chi connectivity index (χ0n) is 6.66. The topological polar surface area (TPSA) is 63.3 Å². The van der Waals surface area contributed by atoms with E-state index in [1.807, 2.05) is 0 Å². The van der Waals surface area contributed by atoms with E-state index in [-0.39, 0.29) is 0 Å². The first-order chi connectivity index (χ1) is 5.63. The lowest BCUT2D eigenvalue weighted by molar-refractivity contribution is -0.155. The number of rotatable bonds is 3. The third-order valence-corrected chi connectivity index (χ3v) is 2.59. The van der Waals surface area contributed by atoms with Crippen LogP contribution in [0.15, 0.2) is 12.4 Å². The predicted octanol–water partition coefficient (Wildman–Crippen LogP) is 1.05. The molecule has 1 fully saturated rings. The highest BCUT2D eigenvalue weighted by Crippen LogP contribution is 2.43. The summed E-state index contributed by atoms with van der Waals surface area (Å²) in [6.07, 6.45) is 3.38. The Morgan fingerprint density at radius 2 is 2.25 bits per heavy atom. The summed E-state index contributed by atoms with van der Waals surface area (Å²) in [6, 6.07) is -0.700. The van der Waals surface area contributed by atoms with E-state index in [0.717, 1.165) is 12.5 Å². The Balaban J connectivity index is 2.73. The van der Waals surface area contributed by atoms with Crippen molar-refractivity contribution in [1.82, 2.24) is 0 Å². The SMILES string of the molecule is NC(C=CF)C1(C(=O)O)CCC1. The summed E-state index contributed by atoms with van der Waals surface area (Å²) in [6.45, 7) is 0. The first-order valence-corrected chi connectivity index (χ1v) is 3.89. The fourth-order valence-electron chi connectivity index (χ4n) is 1.51. The lowest BCUT2D eigenvalue weighted by atomic mass is 9.64. The molecule has 68 valence electrons. The van der Waals surface area contributed by atoms with Gasteiger partial charge < -0.3 is 10.8 Å². The van der Waals surface area contributed by atoms with Gasteiger partial charge in [0.15, 0.2) is 0 Å². The zero-order chi connectivity index (χ0) is 9.19. The lowest BCUT2D eigenvalue weighted by Crippen LogP contribution is -2.51. The van der Waals surface area contributed by atoms with Crippen LogP contribution in [0.3, 0.4) is 0 Å². The Bertz CT molecular complexity index is 211. The van der Waals surface area contributed by atoms with Crippen molar-refractivity contribution in [3.63, 3.8) is 0 Å². The molecule has 1 rings (SSSR count). The van der Waals surface area contributed by atoms with Crippen LogP contribution in [0.25, 0.3) is 0 Å². The number of carboxylic acids is 1. The number of carbonyl (C=O) groups is 1. The molecule has 3 N–H and O–H groups in total.